The Bertz CT molecular complexity index is 890. The van der Waals surface area contributed by atoms with Crippen LogP contribution in [0.15, 0.2) is 22.7 Å². The lowest BCUT2D eigenvalue weighted by Gasteiger charge is -2.18. The summed E-state index contributed by atoms with van der Waals surface area (Å²) in [4.78, 5) is 8.88. The molecule has 0 aliphatic carbocycles. The summed E-state index contributed by atoms with van der Waals surface area (Å²) < 4.78 is 20.5. The average molecular weight is 348 g/mol. The van der Waals surface area contributed by atoms with Crippen molar-refractivity contribution in [3.8, 4) is 0 Å². The van der Waals surface area contributed by atoms with Crippen molar-refractivity contribution in [2.75, 3.05) is 0 Å². The molecule has 6 nitrogen and oxygen atoms in total. The van der Waals surface area contributed by atoms with Crippen LogP contribution in [0.5, 0.6) is 0 Å². The van der Waals surface area contributed by atoms with Crippen LogP contribution in [-0.4, -0.2) is 24.9 Å². The van der Waals surface area contributed by atoms with Gasteiger partial charge in [-0.25, -0.2) is 14.1 Å². The monoisotopic (exact) mass is 347 g/mol. The van der Waals surface area contributed by atoms with E-state index in [2.05, 4.69) is 20.2 Å². The molecule has 3 heterocycles. The molecule has 1 unspecified atom stereocenters. The lowest BCUT2D eigenvalue weighted by Crippen LogP contribution is -2.20. The fourth-order valence-electron chi connectivity index (χ4n) is 2.97. The van der Waals surface area contributed by atoms with Crippen molar-refractivity contribution < 1.29 is 8.91 Å². The average Bonchev–Trinajstić information content (AvgIpc) is 3.15. The molecule has 1 atom stereocenters. The number of rotatable bonds is 3. The molecule has 0 spiro atoms. The Labute approximate surface area is 142 Å². The number of hydrogen-bond donors (Lipinski definition) is 0. The van der Waals surface area contributed by atoms with Gasteiger partial charge in [-0.15, -0.1) is 0 Å². The summed E-state index contributed by atoms with van der Waals surface area (Å²) in [6.45, 7) is 2.58. The Morgan fingerprint density at radius 1 is 1.38 bits per heavy atom. The number of fused-ring (bicyclic) bond motifs is 1. The summed E-state index contributed by atoms with van der Waals surface area (Å²) in [5.41, 5.74) is 0.839. The van der Waals surface area contributed by atoms with Crippen molar-refractivity contribution >= 4 is 11.6 Å². The fraction of sp³-hybridized carbons (Fsp3) is 0.375. The zero-order chi connectivity index (χ0) is 16.7. The normalized spacial score (nSPS) is 17.0. The third-order valence-electron chi connectivity index (χ3n) is 4.14. The van der Waals surface area contributed by atoms with Crippen molar-refractivity contribution in [3.05, 3.63) is 58.0 Å². The molecule has 1 aliphatic heterocycles. The molecule has 24 heavy (non-hydrogen) atoms. The first-order valence-corrected chi connectivity index (χ1v) is 8.13. The summed E-state index contributed by atoms with van der Waals surface area (Å²) in [7, 11) is 0. The molecule has 124 valence electrons. The van der Waals surface area contributed by atoms with Crippen molar-refractivity contribution in [3.63, 3.8) is 0 Å². The molecule has 0 radical (unpaired) electrons. The van der Waals surface area contributed by atoms with Gasteiger partial charge in [0.25, 0.3) is 0 Å². The van der Waals surface area contributed by atoms with Crippen LogP contribution < -0.4 is 0 Å². The van der Waals surface area contributed by atoms with Crippen molar-refractivity contribution in [1.29, 1.82) is 0 Å². The van der Waals surface area contributed by atoms with Crippen LogP contribution in [0.3, 0.4) is 0 Å². The minimum Gasteiger partial charge on any atom is -0.339 e. The number of nitrogens with zero attached hydrogens (tertiary/aromatic N) is 5. The van der Waals surface area contributed by atoms with Crippen LogP contribution in [0.4, 0.5) is 4.39 Å². The van der Waals surface area contributed by atoms with Gasteiger partial charge in [-0.1, -0.05) is 22.8 Å². The Hall–Kier alpha value is -2.28. The zero-order valence-corrected chi connectivity index (χ0v) is 13.8. The van der Waals surface area contributed by atoms with E-state index < -0.39 is 5.82 Å². The second kappa shape index (κ2) is 5.98. The summed E-state index contributed by atoms with van der Waals surface area (Å²) in [5, 5.41) is 8.51. The van der Waals surface area contributed by atoms with Gasteiger partial charge in [0.1, 0.15) is 17.5 Å². The van der Waals surface area contributed by atoms with E-state index in [1.165, 1.54) is 6.07 Å². The van der Waals surface area contributed by atoms with Gasteiger partial charge >= 0.3 is 0 Å². The predicted octanol–water partition coefficient (Wildman–Crippen LogP) is 3.08. The number of hydrogen-bond acceptors (Lipinski definition) is 5. The minimum atomic E-state index is -0.435. The lowest BCUT2D eigenvalue weighted by molar-refractivity contribution is 0.306. The molecule has 0 fully saturated rings. The van der Waals surface area contributed by atoms with Gasteiger partial charge in [0, 0.05) is 12.8 Å². The Kier molecular flexibility index (Phi) is 3.80. The summed E-state index contributed by atoms with van der Waals surface area (Å²) in [6, 6.07) is 4.59. The molecule has 0 bridgehead atoms. The molecule has 2 aromatic heterocycles. The highest BCUT2D eigenvalue weighted by Crippen LogP contribution is 2.27. The highest BCUT2D eigenvalue weighted by Gasteiger charge is 2.26. The first-order valence-electron chi connectivity index (χ1n) is 7.75. The van der Waals surface area contributed by atoms with Gasteiger partial charge < -0.3 is 4.52 Å². The molecule has 3 aromatic rings. The maximum absolute atomic E-state index is 13.2. The van der Waals surface area contributed by atoms with E-state index >= 15 is 0 Å². The van der Waals surface area contributed by atoms with E-state index in [4.69, 9.17) is 16.1 Å². The molecule has 4 rings (SSSR count). The zero-order valence-electron chi connectivity index (χ0n) is 13.0. The van der Waals surface area contributed by atoms with Crippen molar-refractivity contribution in [2.24, 2.45) is 0 Å². The summed E-state index contributed by atoms with van der Waals surface area (Å²) >= 11 is 5.80. The van der Waals surface area contributed by atoms with Crippen LogP contribution in [0, 0.1) is 12.7 Å². The van der Waals surface area contributed by atoms with Crippen LogP contribution in [0.25, 0.3) is 0 Å². The number of aromatic nitrogens is 5. The molecule has 0 amide bonds. The maximum atomic E-state index is 13.2. The molecule has 1 aliphatic rings. The third-order valence-corrected chi connectivity index (χ3v) is 4.43. The van der Waals surface area contributed by atoms with Gasteiger partial charge in [0.15, 0.2) is 5.82 Å². The third kappa shape index (κ3) is 2.91. The second-order valence-corrected chi connectivity index (χ2v) is 6.37. The fourth-order valence-corrected chi connectivity index (χ4v) is 3.18. The number of halogens is 2. The molecule has 0 N–H and O–H groups in total. The molecular formula is C16H15ClFN5O. The van der Waals surface area contributed by atoms with E-state index in [-0.39, 0.29) is 10.9 Å². The quantitative estimate of drug-likeness (QED) is 0.728. The number of benzene rings is 1. The number of aryl methyl sites for hydroxylation is 2. The Balaban J connectivity index is 1.50. The molecular weight excluding hydrogens is 333 g/mol. The highest BCUT2D eigenvalue weighted by molar-refractivity contribution is 6.30. The van der Waals surface area contributed by atoms with E-state index in [0.717, 1.165) is 30.1 Å². The first kappa shape index (κ1) is 15.3. The van der Waals surface area contributed by atoms with Gasteiger partial charge in [-0.3, -0.25) is 0 Å². The maximum Gasteiger partial charge on any atom is 0.231 e. The second-order valence-electron chi connectivity index (χ2n) is 5.97. The highest BCUT2D eigenvalue weighted by atomic mass is 35.5. The van der Waals surface area contributed by atoms with Crippen LogP contribution in [0.1, 0.15) is 41.3 Å². The van der Waals surface area contributed by atoms with Gasteiger partial charge in [0.2, 0.25) is 5.89 Å². The van der Waals surface area contributed by atoms with Crippen molar-refractivity contribution in [1.82, 2.24) is 24.9 Å². The van der Waals surface area contributed by atoms with Gasteiger partial charge in [-0.2, -0.15) is 10.1 Å². The van der Waals surface area contributed by atoms with E-state index in [9.17, 15) is 4.39 Å². The lowest BCUT2D eigenvalue weighted by atomic mass is 10.00. The largest absolute Gasteiger partial charge is 0.339 e. The standard InChI is InChI=1S/C16H15ClFN5O/c1-9-19-15-5-3-11(8-23(15)21-9)16-20-14(22-24-16)7-10-2-4-13(18)12(17)6-10/h2,4,6,11H,3,5,7-8H2,1H3. The molecule has 0 saturated heterocycles. The molecule has 8 heteroatoms. The Morgan fingerprint density at radius 3 is 3.08 bits per heavy atom. The van der Waals surface area contributed by atoms with Crippen LogP contribution in [0.2, 0.25) is 5.02 Å². The SMILES string of the molecule is Cc1nc2n(n1)CC(c1nc(Cc3ccc(F)c(Cl)c3)no1)CC2. The summed E-state index contributed by atoms with van der Waals surface area (Å²) in [6.07, 6.45) is 2.20. The molecule has 0 saturated carbocycles. The van der Waals surface area contributed by atoms with Crippen molar-refractivity contribution in [2.45, 2.75) is 38.6 Å². The first-order chi connectivity index (χ1) is 11.6. The minimum absolute atomic E-state index is 0.0950. The van der Waals surface area contributed by atoms with Crippen LogP contribution >= 0.6 is 11.6 Å². The Morgan fingerprint density at radius 2 is 2.25 bits per heavy atom. The summed E-state index contributed by atoms with van der Waals surface area (Å²) in [5.74, 6) is 2.66. The smallest absolute Gasteiger partial charge is 0.231 e. The van der Waals surface area contributed by atoms with Gasteiger partial charge in [0.05, 0.1) is 17.5 Å². The van der Waals surface area contributed by atoms with E-state index in [1.807, 2.05) is 11.6 Å². The molecule has 1 aromatic carbocycles. The predicted molar refractivity (Wildman–Crippen MR) is 84.3 cm³/mol. The van der Waals surface area contributed by atoms with E-state index in [0.29, 0.717) is 24.7 Å². The topological polar surface area (TPSA) is 69.6 Å². The van der Waals surface area contributed by atoms with Crippen LogP contribution in [-0.2, 0) is 19.4 Å². The van der Waals surface area contributed by atoms with E-state index in [1.54, 1.807) is 12.1 Å². The van der Waals surface area contributed by atoms with Gasteiger partial charge in [-0.05, 0) is 31.0 Å².